The molecule has 0 aliphatic carbocycles. The van der Waals surface area contributed by atoms with Crippen molar-refractivity contribution in [3.8, 4) is 16.9 Å². The predicted molar refractivity (Wildman–Crippen MR) is 121 cm³/mol. The molecule has 0 saturated carbocycles. The lowest BCUT2D eigenvalue weighted by Gasteiger charge is -2.10. The molecule has 0 fully saturated rings. The van der Waals surface area contributed by atoms with Crippen LogP contribution in [0.4, 0.5) is 5.00 Å². The summed E-state index contributed by atoms with van der Waals surface area (Å²) < 4.78 is 10.4. The van der Waals surface area contributed by atoms with Gasteiger partial charge in [0.05, 0.1) is 6.61 Å². The number of rotatable bonds is 7. The van der Waals surface area contributed by atoms with E-state index in [-0.39, 0.29) is 12.4 Å². The second kappa shape index (κ2) is 10.0. The topological polar surface area (TPSA) is 81.7 Å². The molecule has 0 saturated heterocycles. The molecule has 1 N–H and O–H groups in total. The monoisotopic (exact) mass is 437 g/mol. The molecule has 7 heteroatoms. The molecule has 0 radical (unpaired) electrons. The van der Waals surface area contributed by atoms with Crippen molar-refractivity contribution in [1.82, 2.24) is 0 Å². The van der Waals surface area contributed by atoms with E-state index in [1.165, 1.54) is 24.3 Å². The van der Waals surface area contributed by atoms with Gasteiger partial charge in [-0.05, 0) is 37.1 Å². The number of hydrogen-bond acceptors (Lipinski definition) is 6. The molecule has 0 atom stereocenters. The van der Waals surface area contributed by atoms with Gasteiger partial charge < -0.3 is 14.8 Å². The van der Waals surface area contributed by atoms with Gasteiger partial charge in [0.1, 0.15) is 16.3 Å². The average Bonchev–Trinajstić information content (AvgIpc) is 3.12. The van der Waals surface area contributed by atoms with Gasteiger partial charge in [-0.15, -0.1) is 11.3 Å². The average molecular weight is 438 g/mol. The highest BCUT2D eigenvalue weighted by atomic mass is 32.1. The molecule has 0 unspecified atom stereocenters. The molecule has 1 aromatic heterocycles. The zero-order valence-electron chi connectivity index (χ0n) is 17.6. The molecule has 3 rings (SSSR count). The smallest absolute Gasteiger partial charge is 0.341 e. The fourth-order valence-corrected chi connectivity index (χ4v) is 4.31. The molecule has 6 nitrogen and oxygen atoms in total. The zero-order valence-corrected chi connectivity index (χ0v) is 18.4. The van der Waals surface area contributed by atoms with E-state index in [1.54, 1.807) is 25.1 Å². The first-order valence-electron chi connectivity index (χ1n) is 9.92. The summed E-state index contributed by atoms with van der Waals surface area (Å²) in [6.07, 6.45) is 0.694. The van der Waals surface area contributed by atoms with E-state index in [1.807, 2.05) is 37.3 Å². The van der Waals surface area contributed by atoms with Crippen molar-refractivity contribution < 1.29 is 23.9 Å². The van der Waals surface area contributed by atoms with Gasteiger partial charge in [-0.2, -0.15) is 0 Å². The van der Waals surface area contributed by atoms with Gasteiger partial charge in [-0.1, -0.05) is 43.3 Å². The minimum absolute atomic E-state index is 0.224. The summed E-state index contributed by atoms with van der Waals surface area (Å²) in [5, 5.41) is 3.28. The number of thiophene rings is 1. The molecule has 0 bridgehead atoms. The first-order chi connectivity index (χ1) is 14.9. The number of amides is 1. The number of carbonyl (C=O) groups excluding carboxylic acids is 3. The zero-order chi connectivity index (χ0) is 22.4. The van der Waals surface area contributed by atoms with Gasteiger partial charge in [-0.3, -0.25) is 9.59 Å². The van der Waals surface area contributed by atoms with Crippen LogP contribution in [0.3, 0.4) is 0 Å². The van der Waals surface area contributed by atoms with E-state index in [4.69, 9.17) is 9.47 Å². The minimum Gasteiger partial charge on any atom is -0.462 e. The van der Waals surface area contributed by atoms with Crippen molar-refractivity contribution in [3.05, 3.63) is 70.6 Å². The van der Waals surface area contributed by atoms with Crippen LogP contribution < -0.4 is 10.1 Å². The van der Waals surface area contributed by atoms with Crippen LogP contribution in [-0.4, -0.2) is 24.5 Å². The summed E-state index contributed by atoms with van der Waals surface area (Å²) in [5.41, 5.74) is 2.31. The first kappa shape index (κ1) is 22.2. The molecule has 3 aromatic rings. The number of esters is 2. The Morgan fingerprint density at radius 3 is 2.39 bits per heavy atom. The lowest BCUT2D eigenvalue weighted by molar-refractivity contribution is -0.131. The Labute approximate surface area is 184 Å². The number of benzene rings is 2. The number of aryl methyl sites for hydroxylation is 1. The van der Waals surface area contributed by atoms with Crippen LogP contribution in [0.15, 0.2) is 54.6 Å². The number of anilines is 1. The van der Waals surface area contributed by atoms with Gasteiger partial charge in [0.2, 0.25) is 0 Å². The van der Waals surface area contributed by atoms with Crippen LogP contribution in [-0.2, 0) is 16.0 Å². The Morgan fingerprint density at radius 1 is 1.00 bits per heavy atom. The molecular weight excluding hydrogens is 414 g/mol. The summed E-state index contributed by atoms with van der Waals surface area (Å²) in [7, 11) is 0. The highest BCUT2D eigenvalue weighted by Crippen LogP contribution is 2.41. The Balaban J connectivity index is 2.03. The van der Waals surface area contributed by atoms with E-state index in [0.717, 1.165) is 16.0 Å². The third-order valence-corrected chi connectivity index (χ3v) is 5.68. The largest absolute Gasteiger partial charge is 0.462 e. The van der Waals surface area contributed by atoms with Crippen LogP contribution in [0, 0.1) is 0 Å². The summed E-state index contributed by atoms with van der Waals surface area (Å²) in [6, 6.07) is 15.9. The third kappa shape index (κ3) is 5.19. The predicted octanol–water partition coefficient (Wildman–Crippen LogP) is 5.33. The van der Waals surface area contributed by atoms with E-state index in [2.05, 4.69) is 5.32 Å². The maximum atomic E-state index is 12.9. The van der Waals surface area contributed by atoms with E-state index in [0.29, 0.717) is 22.5 Å². The van der Waals surface area contributed by atoms with Crippen LogP contribution in [0.5, 0.6) is 5.75 Å². The number of ether oxygens (including phenoxy) is 2. The molecule has 0 aliphatic heterocycles. The van der Waals surface area contributed by atoms with Crippen molar-refractivity contribution in [2.75, 3.05) is 11.9 Å². The Bertz CT molecular complexity index is 1100. The van der Waals surface area contributed by atoms with Gasteiger partial charge >= 0.3 is 11.9 Å². The molecule has 0 aliphatic rings. The van der Waals surface area contributed by atoms with Crippen LogP contribution in [0.1, 0.15) is 46.4 Å². The summed E-state index contributed by atoms with van der Waals surface area (Å²) in [5.74, 6) is -1.10. The fraction of sp³-hybridized carbons (Fsp3) is 0.208. The summed E-state index contributed by atoms with van der Waals surface area (Å²) in [4.78, 5) is 38.0. The molecule has 1 heterocycles. The van der Waals surface area contributed by atoms with Crippen molar-refractivity contribution >= 4 is 34.2 Å². The van der Waals surface area contributed by atoms with E-state index < -0.39 is 17.8 Å². The summed E-state index contributed by atoms with van der Waals surface area (Å²) in [6.45, 7) is 5.26. The third-order valence-electron chi connectivity index (χ3n) is 4.43. The molecule has 2 aromatic carbocycles. The molecule has 1 amide bonds. The fourth-order valence-electron chi connectivity index (χ4n) is 3.17. The minimum atomic E-state index is -0.485. The molecular formula is C24H23NO5S. The van der Waals surface area contributed by atoms with Crippen molar-refractivity contribution in [2.24, 2.45) is 0 Å². The lowest BCUT2D eigenvalue weighted by Crippen LogP contribution is -2.15. The van der Waals surface area contributed by atoms with Gasteiger partial charge in [-0.25, -0.2) is 4.79 Å². The van der Waals surface area contributed by atoms with Crippen LogP contribution in [0.2, 0.25) is 0 Å². The van der Waals surface area contributed by atoms with Gasteiger partial charge in [0, 0.05) is 22.9 Å². The lowest BCUT2D eigenvalue weighted by atomic mass is 10.00. The quantitative estimate of drug-likeness (QED) is 0.399. The normalized spacial score (nSPS) is 10.4. The molecule has 160 valence electrons. The van der Waals surface area contributed by atoms with E-state index >= 15 is 0 Å². The maximum Gasteiger partial charge on any atom is 0.341 e. The SMILES string of the molecule is CCOC(=O)c1c(NC(=O)c2cccc(OC(C)=O)c2)sc(CC)c1-c1ccccc1. The van der Waals surface area contributed by atoms with Crippen molar-refractivity contribution in [3.63, 3.8) is 0 Å². The van der Waals surface area contributed by atoms with Crippen molar-refractivity contribution in [2.45, 2.75) is 27.2 Å². The standard InChI is InChI=1S/C24H23NO5S/c1-4-19-20(16-10-7-6-8-11-16)21(24(28)29-5-2)23(31-19)25-22(27)17-12-9-13-18(14-17)30-15(3)26/h6-14H,4-5H2,1-3H3,(H,25,27). The van der Waals surface area contributed by atoms with Crippen molar-refractivity contribution in [1.29, 1.82) is 0 Å². The summed E-state index contributed by atoms with van der Waals surface area (Å²) >= 11 is 1.35. The van der Waals surface area contributed by atoms with E-state index in [9.17, 15) is 14.4 Å². The number of nitrogens with one attached hydrogen (secondary N) is 1. The van der Waals surface area contributed by atoms with Gasteiger partial charge in [0.15, 0.2) is 0 Å². The molecule has 0 spiro atoms. The molecule has 31 heavy (non-hydrogen) atoms. The highest BCUT2D eigenvalue weighted by molar-refractivity contribution is 7.17. The highest BCUT2D eigenvalue weighted by Gasteiger charge is 2.26. The Morgan fingerprint density at radius 2 is 1.74 bits per heavy atom. The second-order valence-electron chi connectivity index (χ2n) is 6.62. The number of hydrogen-bond donors (Lipinski definition) is 1. The second-order valence-corrected chi connectivity index (χ2v) is 7.73. The van der Waals surface area contributed by atoms with Crippen LogP contribution in [0.25, 0.3) is 11.1 Å². The first-order valence-corrected chi connectivity index (χ1v) is 10.7. The number of carbonyl (C=O) groups is 3. The maximum absolute atomic E-state index is 12.9. The Hall–Kier alpha value is -3.45. The Kier molecular flexibility index (Phi) is 7.20. The van der Waals surface area contributed by atoms with Gasteiger partial charge in [0.25, 0.3) is 5.91 Å². The van der Waals surface area contributed by atoms with Crippen LogP contribution >= 0.6 is 11.3 Å².